The molecule has 0 aromatic heterocycles. The van der Waals surface area contributed by atoms with E-state index in [9.17, 15) is 12.3 Å². The Morgan fingerprint density at radius 2 is 1.72 bits per heavy atom. The molecule has 1 aromatic carbocycles. The number of methoxy groups -OCH3 is 2. The molecule has 0 bridgehead atoms. The Hall–Kier alpha value is -1.34. The van der Waals surface area contributed by atoms with Gasteiger partial charge in [0.1, 0.15) is 0 Å². The van der Waals surface area contributed by atoms with Crippen LogP contribution in [0.15, 0.2) is 12.1 Å². The Kier molecular flexibility index (Phi) is 4.53. The van der Waals surface area contributed by atoms with Crippen molar-refractivity contribution in [1.82, 2.24) is 4.31 Å². The third-order valence-electron chi connectivity index (χ3n) is 2.61. The van der Waals surface area contributed by atoms with Crippen molar-refractivity contribution >= 4 is 10.4 Å². The van der Waals surface area contributed by atoms with E-state index in [4.69, 9.17) is 9.47 Å². The minimum absolute atomic E-state index is 0.0645. The molecule has 7 heteroatoms. The number of ether oxygens (including phenoxy) is 2. The van der Waals surface area contributed by atoms with E-state index >= 15 is 0 Å². The Morgan fingerprint density at radius 1 is 1.22 bits per heavy atom. The largest absolute Gasteiger partial charge is 0.493 e. The number of aryl methyl sites for hydroxylation is 1. The van der Waals surface area contributed by atoms with Crippen LogP contribution in [0, 0.1) is 6.92 Å². The molecule has 0 amide bonds. The zero-order valence-electron chi connectivity index (χ0n) is 10.7. The fraction of sp³-hybridized carbons (Fsp3) is 0.455. The fourth-order valence-electron chi connectivity index (χ4n) is 1.51. The van der Waals surface area contributed by atoms with Crippen molar-refractivity contribution in [2.24, 2.45) is 0 Å². The summed E-state index contributed by atoms with van der Waals surface area (Å²) in [5.41, 5.74) is 1.44. The van der Waals surface area contributed by atoms with Gasteiger partial charge < -0.3 is 9.47 Å². The van der Waals surface area contributed by atoms with Gasteiger partial charge in [0.05, 0.1) is 14.2 Å². The monoisotopic (exact) mass is 277 g/mol. The molecule has 0 spiro atoms. The lowest BCUT2D eigenvalue weighted by molar-refractivity contribution is 0.353. The smallest absolute Gasteiger partial charge is 0.374 e. The first-order valence-corrected chi connectivity index (χ1v) is 6.51. The van der Waals surface area contributed by atoms with E-state index in [-0.39, 0.29) is 6.54 Å². The molecule has 0 fully saturated rings. The molecule has 5 nitrogen and oxygen atoms in total. The molecule has 0 aliphatic carbocycles. The summed E-state index contributed by atoms with van der Waals surface area (Å²) in [5, 5.41) is 0. The molecule has 102 valence electrons. The third-order valence-corrected chi connectivity index (χ3v) is 3.48. The maximum absolute atomic E-state index is 12.8. The molecule has 0 unspecified atom stereocenters. The lowest BCUT2D eigenvalue weighted by Gasteiger charge is -2.16. The third kappa shape index (κ3) is 3.33. The van der Waals surface area contributed by atoms with E-state index in [1.165, 1.54) is 21.3 Å². The second-order valence-corrected chi connectivity index (χ2v) is 5.28. The molecule has 0 atom stereocenters. The van der Waals surface area contributed by atoms with Crippen molar-refractivity contribution in [3.8, 4) is 11.5 Å². The molecule has 0 heterocycles. The lowest BCUT2D eigenvalue weighted by Crippen LogP contribution is -2.22. The van der Waals surface area contributed by atoms with Crippen LogP contribution in [0.3, 0.4) is 0 Å². The van der Waals surface area contributed by atoms with Crippen molar-refractivity contribution < 1.29 is 21.8 Å². The second kappa shape index (κ2) is 5.53. The first-order chi connectivity index (χ1) is 8.29. The summed E-state index contributed by atoms with van der Waals surface area (Å²) in [7, 11) is -0.532. The van der Waals surface area contributed by atoms with Crippen LogP contribution in [0.2, 0.25) is 0 Å². The van der Waals surface area contributed by atoms with Crippen LogP contribution in [-0.4, -0.2) is 34.0 Å². The van der Waals surface area contributed by atoms with E-state index in [1.807, 2.05) is 0 Å². The van der Waals surface area contributed by atoms with Crippen molar-refractivity contribution in [2.45, 2.75) is 13.5 Å². The van der Waals surface area contributed by atoms with Gasteiger partial charge in [0, 0.05) is 13.6 Å². The SMILES string of the molecule is COc1cc(C)c(CN(C)S(=O)(=O)F)cc1OC. The Morgan fingerprint density at radius 3 is 2.17 bits per heavy atom. The molecular weight excluding hydrogens is 261 g/mol. The van der Waals surface area contributed by atoms with Crippen molar-refractivity contribution in [3.05, 3.63) is 23.3 Å². The maximum atomic E-state index is 12.8. The van der Waals surface area contributed by atoms with E-state index in [0.717, 1.165) is 5.56 Å². The van der Waals surface area contributed by atoms with Crippen LogP contribution < -0.4 is 9.47 Å². The summed E-state index contributed by atoms with van der Waals surface area (Å²) >= 11 is 0. The zero-order chi connectivity index (χ0) is 13.9. The molecule has 18 heavy (non-hydrogen) atoms. The van der Waals surface area contributed by atoms with Gasteiger partial charge >= 0.3 is 10.4 Å². The second-order valence-electron chi connectivity index (χ2n) is 3.83. The number of nitrogens with zero attached hydrogens (tertiary/aromatic N) is 1. The van der Waals surface area contributed by atoms with E-state index in [0.29, 0.717) is 21.4 Å². The van der Waals surface area contributed by atoms with Crippen LogP contribution in [0.1, 0.15) is 11.1 Å². The topological polar surface area (TPSA) is 55.8 Å². The summed E-state index contributed by atoms with van der Waals surface area (Å²) in [5.74, 6) is 1.02. The van der Waals surface area contributed by atoms with Gasteiger partial charge in [-0.1, -0.05) is 3.89 Å². The van der Waals surface area contributed by atoms with Crippen LogP contribution in [0.5, 0.6) is 11.5 Å². The van der Waals surface area contributed by atoms with Gasteiger partial charge in [-0.3, -0.25) is 0 Å². The molecular formula is C11H16FNO4S. The lowest BCUT2D eigenvalue weighted by atomic mass is 10.1. The van der Waals surface area contributed by atoms with E-state index < -0.39 is 10.4 Å². The summed E-state index contributed by atoms with van der Waals surface area (Å²) in [6.45, 7) is 1.72. The average molecular weight is 277 g/mol. The predicted octanol–water partition coefficient (Wildman–Crippen LogP) is 1.66. The summed E-state index contributed by atoms with van der Waals surface area (Å²) < 4.78 is 45.1. The predicted molar refractivity (Wildman–Crippen MR) is 65.8 cm³/mol. The highest BCUT2D eigenvalue weighted by atomic mass is 32.3. The van der Waals surface area contributed by atoms with Gasteiger partial charge in [-0.25, -0.2) is 0 Å². The van der Waals surface area contributed by atoms with Gasteiger partial charge in [-0.05, 0) is 30.2 Å². The quantitative estimate of drug-likeness (QED) is 0.768. The molecule has 0 saturated heterocycles. The van der Waals surface area contributed by atoms with Crippen molar-refractivity contribution in [2.75, 3.05) is 21.3 Å². The van der Waals surface area contributed by atoms with Gasteiger partial charge in [0.2, 0.25) is 0 Å². The molecule has 1 aromatic rings. The summed E-state index contributed by atoms with van der Waals surface area (Å²) in [4.78, 5) is 0. The van der Waals surface area contributed by atoms with Crippen molar-refractivity contribution in [3.63, 3.8) is 0 Å². The molecule has 0 aliphatic rings. The Balaban J connectivity index is 3.11. The molecule has 0 saturated carbocycles. The first kappa shape index (κ1) is 14.7. The fourth-order valence-corrected chi connectivity index (χ4v) is 1.80. The van der Waals surface area contributed by atoms with Crippen molar-refractivity contribution in [1.29, 1.82) is 0 Å². The zero-order valence-corrected chi connectivity index (χ0v) is 11.5. The van der Waals surface area contributed by atoms with Gasteiger partial charge in [0.25, 0.3) is 0 Å². The van der Waals surface area contributed by atoms with Crippen LogP contribution >= 0.6 is 0 Å². The van der Waals surface area contributed by atoms with E-state index in [1.54, 1.807) is 19.1 Å². The molecule has 0 aliphatic heterocycles. The number of benzene rings is 1. The highest BCUT2D eigenvalue weighted by Crippen LogP contribution is 2.30. The number of hydrogen-bond acceptors (Lipinski definition) is 4. The number of hydrogen-bond donors (Lipinski definition) is 0. The van der Waals surface area contributed by atoms with Gasteiger partial charge in [-0.2, -0.15) is 12.7 Å². The molecule has 0 N–H and O–H groups in total. The number of halogens is 1. The highest BCUT2D eigenvalue weighted by molar-refractivity contribution is 7.83. The summed E-state index contributed by atoms with van der Waals surface area (Å²) in [6.07, 6.45) is 0. The minimum Gasteiger partial charge on any atom is -0.493 e. The minimum atomic E-state index is -4.69. The Labute approximate surface area is 106 Å². The van der Waals surface area contributed by atoms with Crippen LogP contribution in [0.25, 0.3) is 0 Å². The average Bonchev–Trinajstić information content (AvgIpc) is 2.29. The van der Waals surface area contributed by atoms with E-state index in [2.05, 4.69) is 0 Å². The van der Waals surface area contributed by atoms with Gasteiger partial charge in [0.15, 0.2) is 11.5 Å². The molecule has 0 radical (unpaired) electrons. The number of rotatable bonds is 5. The highest BCUT2D eigenvalue weighted by Gasteiger charge is 2.18. The van der Waals surface area contributed by atoms with Gasteiger partial charge in [-0.15, -0.1) is 0 Å². The maximum Gasteiger partial charge on any atom is 0.374 e. The summed E-state index contributed by atoms with van der Waals surface area (Å²) in [6, 6.07) is 3.35. The standard InChI is InChI=1S/C11H16FNO4S/c1-8-5-10(16-3)11(17-4)6-9(8)7-13(2)18(12,14)15/h5-6H,7H2,1-4H3. The van der Waals surface area contributed by atoms with Crippen LogP contribution in [0.4, 0.5) is 3.89 Å². The Bertz CT molecular complexity index is 530. The molecule has 1 rings (SSSR count). The van der Waals surface area contributed by atoms with Crippen LogP contribution in [-0.2, 0) is 17.0 Å². The first-order valence-electron chi connectivity index (χ1n) is 5.17. The normalized spacial score (nSPS) is 11.7.